The number of anilines is 1. The van der Waals surface area contributed by atoms with Crippen molar-refractivity contribution >= 4 is 17.6 Å². The Kier molecular flexibility index (Phi) is 5.26. The van der Waals surface area contributed by atoms with Crippen molar-refractivity contribution in [3.63, 3.8) is 0 Å². The van der Waals surface area contributed by atoms with Crippen LogP contribution in [0, 0.1) is 5.82 Å². The topological polar surface area (TPSA) is 69.6 Å². The summed E-state index contributed by atoms with van der Waals surface area (Å²) >= 11 is 0. The molecule has 0 saturated heterocycles. The first-order valence-electron chi connectivity index (χ1n) is 5.43. The van der Waals surface area contributed by atoms with Gasteiger partial charge in [0.25, 0.3) is 0 Å². The molecule has 1 rings (SSSR count). The molecule has 6 heteroatoms. The quantitative estimate of drug-likeness (QED) is 0.799. The Morgan fingerprint density at radius 1 is 1.44 bits per heavy atom. The van der Waals surface area contributed by atoms with Gasteiger partial charge in [0.1, 0.15) is 5.82 Å². The Balaban J connectivity index is 2.39. The van der Waals surface area contributed by atoms with Crippen molar-refractivity contribution in [2.24, 2.45) is 0 Å². The summed E-state index contributed by atoms with van der Waals surface area (Å²) in [4.78, 5) is 23.5. The normalized spacial score (nSPS) is 10.4. The Morgan fingerprint density at radius 3 is 2.78 bits per heavy atom. The summed E-state index contributed by atoms with van der Waals surface area (Å²) in [7, 11) is 1.65. The SMILES string of the molecule is CN(CCC(=O)O)CC(=O)Nc1cccc(F)c1. The third-order valence-corrected chi connectivity index (χ3v) is 2.23. The van der Waals surface area contributed by atoms with E-state index >= 15 is 0 Å². The third-order valence-electron chi connectivity index (χ3n) is 2.23. The van der Waals surface area contributed by atoms with E-state index in [0.717, 1.165) is 0 Å². The maximum atomic E-state index is 12.9. The van der Waals surface area contributed by atoms with E-state index in [9.17, 15) is 14.0 Å². The van der Waals surface area contributed by atoms with Gasteiger partial charge in [0, 0.05) is 12.2 Å². The predicted octanol–water partition coefficient (Wildman–Crippen LogP) is 1.17. The Labute approximate surface area is 104 Å². The number of carboxylic acid groups (broad SMARTS) is 1. The minimum atomic E-state index is -0.910. The monoisotopic (exact) mass is 254 g/mol. The van der Waals surface area contributed by atoms with E-state index in [2.05, 4.69) is 5.32 Å². The van der Waals surface area contributed by atoms with Crippen LogP contribution in [0.2, 0.25) is 0 Å². The van der Waals surface area contributed by atoms with Gasteiger partial charge in [0.2, 0.25) is 5.91 Å². The van der Waals surface area contributed by atoms with Crippen molar-refractivity contribution in [2.45, 2.75) is 6.42 Å². The number of nitrogens with one attached hydrogen (secondary N) is 1. The fourth-order valence-electron chi connectivity index (χ4n) is 1.38. The first kappa shape index (κ1) is 14.1. The molecule has 1 aromatic carbocycles. The minimum absolute atomic E-state index is 0.0241. The average molecular weight is 254 g/mol. The molecular formula is C12H15FN2O3. The number of amides is 1. The Hall–Kier alpha value is -1.95. The van der Waals surface area contributed by atoms with Gasteiger partial charge < -0.3 is 10.4 Å². The van der Waals surface area contributed by atoms with Gasteiger partial charge in [-0.2, -0.15) is 0 Å². The summed E-state index contributed by atoms with van der Waals surface area (Å²) in [6, 6.07) is 5.58. The second-order valence-electron chi connectivity index (χ2n) is 3.94. The molecule has 0 saturated carbocycles. The first-order valence-corrected chi connectivity index (χ1v) is 5.43. The zero-order chi connectivity index (χ0) is 13.5. The lowest BCUT2D eigenvalue weighted by molar-refractivity contribution is -0.137. The maximum Gasteiger partial charge on any atom is 0.304 e. The molecule has 0 aliphatic carbocycles. The van der Waals surface area contributed by atoms with Gasteiger partial charge in [-0.05, 0) is 25.2 Å². The van der Waals surface area contributed by atoms with Crippen molar-refractivity contribution < 1.29 is 19.1 Å². The smallest absolute Gasteiger partial charge is 0.304 e. The van der Waals surface area contributed by atoms with E-state index in [0.29, 0.717) is 5.69 Å². The summed E-state index contributed by atoms with van der Waals surface area (Å²) in [6.07, 6.45) is -0.0241. The van der Waals surface area contributed by atoms with Crippen LogP contribution in [0.25, 0.3) is 0 Å². The molecule has 0 spiro atoms. The van der Waals surface area contributed by atoms with Gasteiger partial charge in [0.15, 0.2) is 0 Å². The van der Waals surface area contributed by atoms with Crippen LogP contribution in [-0.4, -0.2) is 42.0 Å². The van der Waals surface area contributed by atoms with Crippen LogP contribution in [-0.2, 0) is 9.59 Å². The second kappa shape index (κ2) is 6.70. The third kappa shape index (κ3) is 5.40. The fourth-order valence-corrected chi connectivity index (χ4v) is 1.38. The predicted molar refractivity (Wildman–Crippen MR) is 64.8 cm³/mol. The molecule has 0 bridgehead atoms. The van der Waals surface area contributed by atoms with E-state index in [-0.39, 0.29) is 25.4 Å². The van der Waals surface area contributed by atoms with Crippen LogP contribution in [0.3, 0.4) is 0 Å². The zero-order valence-corrected chi connectivity index (χ0v) is 10.0. The van der Waals surface area contributed by atoms with Gasteiger partial charge in [-0.15, -0.1) is 0 Å². The molecule has 0 fully saturated rings. The highest BCUT2D eigenvalue weighted by Crippen LogP contribution is 2.08. The van der Waals surface area contributed by atoms with E-state index < -0.39 is 11.8 Å². The number of hydrogen-bond donors (Lipinski definition) is 2. The molecule has 5 nitrogen and oxygen atoms in total. The molecule has 0 aliphatic heterocycles. The molecule has 18 heavy (non-hydrogen) atoms. The summed E-state index contributed by atoms with van der Waals surface area (Å²) in [5.41, 5.74) is 0.381. The molecule has 0 radical (unpaired) electrons. The molecule has 0 aliphatic rings. The minimum Gasteiger partial charge on any atom is -0.481 e. The molecule has 1 amide bonds. The van der Waals surface area contributed by atoms with Crippen LogP contribution in [0.4, 0.5) is 10.1 Å². The van der Waals surface area contributed by atoms with Crippen molar-refractivity contribution in [1.82, 2.24) is 4.90 Å². The first-order chi connectivity index (χ1) is 8.47. The van der Waals surface area contributed by atoms with Crippen LogP contribution in [0.1, 0.15) is 6.42 Å². The number of likely N-dealkylation sites (N-methyl/N-ethyl adjacent to an activating group) is 1. The van der Waals surface area contributed by atoms with Crippen molar-refractivity contribution in [2.75, 3.05) is 25.5 Å². The lowest BCUT2D eigenvalue weighted by Crippen LogP contribution is -2.31. The largest absolute Gasteiger partial charge is 0.481 e. The number of aliphatic carboxylic acids is 1. The summed E-state index contributed by atoms with van der Waals surface area (Å²) < 4.78 is 12.9. The van der Waals surface area contributed by atoms with E-state index in [1.54, 1.807) is 18.0 Å². The lowest BCUT2D eigenvalue weighted by atomic mass is 10.3. The number of benzene rings is 1. The number of carboxylic acids is 1. The van der Waals surface area contributed by atoms with Crippen LogP contribution < -0.4 is 5.32 Å². The van der Waals surface area contributed by atoms with E-state index in [1.807, 2.05) is 0 Å². The van der Waals surface area contributed by atoms with Gasteiger partial charge in [-0.3, -0.25) is 14.5 Å². The van der Waals surface area contributed by atoms with E-state index in [1.165, 1.54) is 18.2 Å². The standard InChI is InChI=1S/C12H15FN2O3/c1-15(6-5-12(17)18)8-11(16)14-10-4-2-3-9(13)7-10/h2-4,7H,5-6,8H2,1H3,(H,14,16)(H,17,18). The fraction of sp³-hybridized carbons (Fsp3) is 0.333. The average Bonchev–Trinajstić information content (AvgIpc) is 2.26. The van der Waals surface area contributed by atoms with Crippen molar-refractivity contribution in [3.05, 3.63) is 30.1 Å². The summed E-state index contributed by atoms with van der Waals surface area (Å²) in [6.45, 7) is 0.343. The molecule has 2 N–H and O–H groups in total. The van der Waals surface area contributed by atoms with E-state index in [4.69, 9.17) is 5.11 Å². The van der Waals surface area contributed by atoms with Gasteiger partial charge in [-0.25, -0.2) is 4.39 Å². The second-order valence-corrected chi connectivity index (χ2v) is 3.94. The number of halogens is 1. The van der Waals surface area contributed by atoms with Gasteiger partial charge in [0.05, 0.1) is 13.0 Å². The molecule has 1 aromatic rings. The van der Waals surface area contributed by atoms with Crippen molar-refractivity contribution in [3.8, 4) is 0 Å². The van der Waals surface area contributed by atoms with Crippen LogP contribution in [0.15, 0.2) is 24.3 Å². The van der Waals surface area contributed by atoms with Gasteiger partial charge in [-0.1, -0.05) is 6.07 Å². The Bertz CT molecular complexity index is 437. The number of hydrogen-bond acceptors (Lipinski definition) is 3. The molecule has 0 atom stereocenters. The van der Waals surface area contributed by atoms with Crippen LogP contribution >= 0.6 is 0 Å². The highest BCUT2D eigenvalue weighted by Gasteiger charge is 2.08. The summed E-state index contributed by atoms with van der Waals surface area (Å²) in [5, 5.41) is 11.0. The molecule has 0 aromatic heterocycles. The van der Waals surface area contributed by atoms with Crippen molar-refractivity contribution in [1.29, 1.82) is 0 Å². The Morgan fingerprint density at radius 2 is 2.17 bits per heavy atom. The molecular weight excluding hydrogens is 239 g/mol. The lowest BCUT2D eigenvalue weighted by Gasteiger charge is -2.14. The maximum absolute atomic E-state index is 12.9. The molecule has 98 valence electrons. The molecule has 0 heterocycles. The number of carbonyl (C=O) groups excluding carboxylic acids is 1. The highest BCUT2D eigenvalue weighted by molar-refractivity contribution is 5.92. The molecule has 0 unspecified atom stereocenters. The highest BCUT2D eigenvalue weighted by atomic mass is 19.1. The number of carbonyl (C=O) groups is 2. The number of rotatable bonds is 6. The van der Waals surface area contributed by atoms with Gasteiger partial charge >= 0.3 is 5.97 Å². The summed E-state index contributed by atoms with van der Waals surface area (Å²) in [5.74, 6) is -1.65. The zero-order valence-electron chi connectivity index (χ0n) is 10.0. The number of nitrogens with zero attached hydrogens (tertiary/aromatic N) is 1. The van der Waals surface area contributed by atoms with Crippen LogP contribution in [0.5, 0.6) is 0 Å².